The molecule has 0 aliphatic heterocycles. The second kappa shape index (κ2) is 6.80. The fourth-order valence-electron chi connectivity index (χ4n) is 1.35. The molecule has 1 N–H and O–H groups in total. The Morgan fingerprint density at radius 1 is 1.50 bits per heavy atom. The lowest BCUT2D eigenvalue weighted by atomic mass is 10.2. The van der Waals surface area contributed by atoms with E-state index in [0.29, 0.717) is 0 Å². The Kier molecular flexibility index (Phi) is 5.39. The normalized spacial score (nSPS) is 9.95. The van der Waals surface area contributed by atoms with E-state index in [1.54, 1.807) is 14.1 Å². The molecular formula is C11H13ClN4O4. The number of hydrogen-bond donors (Lipinski definition) is 1. The van der Waals surface area contributed by atoms with Crippen LogP contribution in [0.3, 0.4) is 0 Å². The van der Waals surface area contributed by atoms with Gasteiger partial charge < -0.3 is 10.2 Å². The van der Waals surface area contributed by atoms with Crippen molar-refractivity contribution in [2.75, 3.05) is 20.6 Å². The molecule has 9 heteroatoms. The van der Waals surface area contributed by atoms with Crippen LogP contribution in [0.15, 0.2) is 12.3 Å². The third kappa shape index (κ3) is 4.16. The molecule has 1 heterocycles. The van der Waals surface area contributed by atoms with Gasteiger partial charge in [-0.1, -0.05) is 11.6 Å². The number of hydrogen-bond acceptors (Lipinski definition) is 5. The molecule has 108 valence electrons. The van der Waals surface area contributed by atoms with Crippen LogP contribution in [0.2, 0.25) is 5.15 Å². The predicted molar refractivity (Wildman–Crippen MR) is 71.5 cm³/mol. The van der Waals surface area contributed by atoms with Crippen LogP contribution in [-0.4, -0.2) is 47.3 Å². The summed E-state index contributed by atoms with van der Waals surface area (Å²) in [6.07, 6.45) is 1.02. The molecule has 0 unspecified atom stereocenters. The fourth-order valence-corrected chi connectivity index (χ4v) is 1.51. The number of halogens is 1. The summed E-state index contributed by atoms with van der Waals surface area (Å²) >= 11 is 5.62. The number of pyridine rings is 1. The minimum atomic E-state index is -0.719. The molecule has 0 fully saturated rings. The second-order valence-electron chi connectivity index (χ2n) is 4.08. The van der Waals surface area contributed by atoms with Crippen molar-refractivity contribution in [2.24, 2.45) is 0 Å². The highest BCUT2D eigenvalue weighted by molar-refractivity contribution is 6.29. The van der Waals surface area contributed by atoms with E-state index >= 15 is 0 Å². The Bertz CT molecular complexity index is 547. The van der Waals surface area contributed by atoms with Crippen LogP contribution < -0.4 is 5.32 Å². The molecule has 8 nitrogen and oxygen atoms in total. The minimum absolute atomic E-state index is 0.0230. The molecular weight excluding hydrogens is 288 g/mol. The number of nitrogens with zero attached hydrogens (tertiary/aromatic N) is 3. The van der Waals surface area contributed by atoms with Crippen LogP contribution in [0, 0.1) is 10.1 Å². The van der Waals surface area contributed by atoms with E-state index < -0.39 is 16.5 Å². The van der Waals surface area contributed by atoms with Gasteiger partial charge in [0.2, 0.25) is 5.91 Å². The van der Waals surface area contributed by atoms with Gasteiger partial charge in [0, 0.05) is 27.1 Å². The zero-order valence-corrected chi connectivity index (χ0v) is 11.7. The third-order valence-electron chi connectivity index (χ3n) is 2.41. The highest BCUT2D eigenvalue weighted by Crippen LogP contribution is 2.20. The molecule has 20 heavy (non-hydrogen) atoms. The summed E-state index contributed by atoms with van der Waals surface area (Å²) in [6.45, 7) is 0.0763. The zero-order valence-electron chi connectivity index (χ0n) is 10.9. The van der Waals surface area contributed by atoms with Gasteiger partial charge in [-0.25, -0.2) is 4.98 Å². The Hall–Kier alpha value is -2.22. The molecule has 0 aliphatic carbocycles. The van der Waals surface area contributed by atoms with E-state index in [4.69, 9.17) is 11.6 Å². The quantitative estimate of drug-likeness (QED) is 0.493. The van der Waals surface area contributed by atoms with Crippen LogP contribution in [0.25, 0.3) is 0 Å². The minimum Gasteiger partial charge on any atom is -0.351 e. The van der Waals surface area contributed by atoms with Crippen molar-refractivity contribution in [1.82, 2.24) is 15.2 Å². The topological polar surface area (TPSA) is 105 Å². The molecule has 0 saturated carbocycles. The molecule has 1 aromatic heterocycles. The largest absolute Gasteiger partial charge is 0.351 e. The first-order valence-electron chi connectivity index (χ1n) is 5.61. The van der Waals surface area contributed by atoms with Gasteiger partial charge in [-0.15, -0.1) is 0 Å². The second-order valence-corrected chi connectivity index (χ2v) is 4.46. The average molecular weight is 301 g/mol. The molecule has 0 spiro atoms. The fraction of sp³-hybridized carbons (Fsp3) is 0.364. The molecule has 2 amide bonds. The Morgan fingerprint density at radius 2 is 2.15 bits per heavy atom. The van der Waals surface area contributed by atoms with Crippen LogP contribution in [0.5, 0.6) is 0 Å². The standard InChI is InChI=1S/C11H13ClN4O4/c1-15(2)10(17)3-4-13-11(18)7-5-9(12)14-6-8(7)16(19)20/h5-6H,3-4H2,1-2H3,(H,13,18). The van der Waals surface area contributed by atoms with Gasteiger partial charge in [0.05, 0.1) is 4.92 Å². The molecule has 0 aromatic carbocycles. The number of rotatable bonds is 5. The lowest BCUT2D eigenvalue weighted by Crippen LogP contribution is -2.30. The molecule has 0 saturated heterocycles. The van der Waals surface area contributed by atoms with Gasteiger partial charge in [0.1, 0.15) is 16.9 Å². The van der Waals surface area contributed by atoms with Crippen molar-refractivity contribution in [3.05, 3.63) is 33.1 Å². The lowest BCUT2D eigenvalue weighted by Gasteiger charge is -2.10. The van der Waals surface area contributed by atoms with Gasteiger partial charge in [-0.05, 0) is 6.07 Å². The van der Waals surface area contributed by atoms with Gasteiger partial charge >= 0.3 is 0 Å². The SMILES string of the molecule is CN(C)C(=O)CCNC(=O)c1cc(Cl)ncc1[N+](=O)[O-]. The Labute approximate surface area is 119 Å². The van der Waals surface area contributed by atoms with Crippen LogP contribution in [0.1, 0.15) is 16.8 Å². The molecule has 0 bridgehead atoms. The van der Waals surface area contributed by atoms with Crippen LogP contribution >= 0.6 is 11.6 Å². The van der Waals surface area contributed by atoms with E-state index in [0.717, 1.165) is 12.3 Å². The number of nitro groups is 1. The monoisotopic (exact) mass is 300 g/mol. The highest BCUT2D eigenvalue weighted by Gasteiger charge is 2.21. The summed E-state index contributed by atoms with van der Waals surface area (Å²) in [6, 6.07) is 1.11. The van der Waals surface area contributed by atoms with Gasteiger partial charge in [0.25, 0.3) is 11.6 Å². The summed E-state index contributed by atoms with van der Waals surface area (Å²) < 4.78 is 0. The van der Waals surface area contributed by atoms with Crippen molar-refractivity contribution in [3.8, 4) is 0 Å². The number of carbonyl (C=O) groups excluding carboxylic acids is 2. The Balaban J connectivity index is 2.75. The summed E-state index contributed by atoms with van der Waals surface area (Å²) in [7, 11) is 3.19. The first-order chi connectivity index (χ1) is 9.32. The van der Waals surface area contributed by atoms with Gasteiger partial charge in [0.15, 0.2) is 0 Å². The lowest BCUT2D eigenvalue weighted by molar-refractivity contribution is -0.385. The number of aromatic nitrogens is 1. The molecule has 1 rings (SSSR count). The van der Waals surface area contributed by atoms with Gasteiger partial charge in [-0.3, -0.25) is 19.7 Å². The van der Waals surface area contributed by atoms with Crippen molar-refractivity contribution in [3.63, 3.8) is 0 Å². The third-order valence-corrected chi connectivity index (χ3v) is 2.62. The van der Waals surface area contributed by atoms with E-state index in [9.17, 15) is 19.7 Å². The molecule has 1 aromatic rings. The first-order valence-corrected chi connectivity index (χ1v) is 5.99. The maximum Gasteiger partial charge on any atom is 0.300 e. The maximum absolute atomic E-state index is 11.8. The van der Waals surface area contributed by atoms with E-state index in [-0.39, 0.29) is 29.6 Å². The number of amides is 2. The molecule has 0 aliphatic rings. The zero-order chi connectivity index (χ0) is 15.3. The van der Waals surface area contributed by atoms with Crippen LogP contribution in [0.4, 0.5) is 5.69 Å². The van der Waals surface area contributed by atoms with Gasteiger partial charge in [-0.2, -0.15) is 0 Å². The number of carbonyl (C=O) groups is 2. The molecule has 0 atom stereocenters. The van der Waals surface area contributed by atoms with E-state index in [2.05, 4.69) is 10.3 Å². The first kappa shape index (κ1) is 15.8. The highest BCUT2D eigenvalue weighted by atomic mass is 35.5. The van der Waals surface area contributed by atoms with Crippen molar-refractivity contribution < 1.29 is 14.5 Å². The van der Waals surface area contributed by atoms with Crippen molar-refractivity contribution >= 4 is 29.1 Å². The van der Waals surface area contributed by atoms with Crippen molar-refractivity contribution in [1.29, 1.82) is 0 Å². The average Bonchev–Trinajstić information content (AvgIpc) is 2.37. The maximum atomic E-state index is 11.8. The summed E-state index contributed by atoms with van der Waals surface area (Å²) in [4.78, 5) is 38.2. The van der Waals surface area contributed by atoms with E-state index in [1.807, 2.05) is 0 Å². The predicted octanol–water partition coefficient (Wildman–Crippen LogP) is 0.851. The summed E-state index contributed by atoms with van der Waals surface area (Å²) in [5.41, 5.74) is -0.627. The molecule has 0 radical (unpaired) electrons. The van der Waals surface area contributed by atoms with E-state index in [1.165, 1.54) is 4.90 Å². The number of nitrogens with one attached hydrogen (secondary N) is 1. The summed E-state index contributed by atoms with van der Waals surface area (Å²) in [5.74, 6) is -0.833. The summed E-state index contributed by atoms with van der Waals surface area (Å²) in [5, 5.41) is 13.2. The van der Waals surface area contributed by atoms with Crippen molar-refractivity contribution in [2.45, 2.75) is 6.42 Å². The smallest absolute Gasteiger partial charge is 0.300 e. The Morgan fingerprint density at radius 3 is 2.70 bits per heavy atom. The van der Waals surface area contributed by atoms with Crippen LogP contribution in [-0.2, 0) is 4.79 Å².